The summed E-state index contributed by atoms with van der Waals surface area (Å²) in [5.41, 5.74) is 2.01. The van der Waals surface area contributed by atoms with Crippen LogP contribution >= 0.6 is 0 Å². The Morgan fingerprint density at radius 3 is 2.88 bits per heavy atom. The largest absolute Gasteiger partial charge is 0.469 e. The van der Waals surface area contributed by atoms with Crippen LogP contribution in [0.1, 0.15) is 17.9 Å². The van der Waals surface area contributed by atoms with Crippen LogP contribution < -0.4 is 5.32 Å². The molecule has 0 saturated carbocycles. The molecule has 8 nitrogen and oxygen atoms in total. The Hall–Kier alpha value is -2.74. The standard InChI is InChI=1S/C17H20N4O4/c1-11-3-5-12(6-4-11)16-19-14(25-20-16)10-21-8-7-18-17(23)13(21)9-15(22)24-2/h3-6,13H,7-10H2,1-2H3,(H,18,23)/t13-/m0/s1. The summed E-state index contributed by atoms with van der Waals surface area (Å²) in [4.78, 5) is 29.9. The van der Waals surface area contributed by atoms with Crippen LogP contribution in [0.5, 0.6) is 0 Å². The Bertz CT molecular complexity index is 756. The number of rotatable bonds is 5. The fourth-order valence-corrected chi connectivity index (χ4v) is 2.73. The molecule has 25 heavy (non-hydrogen) atoms. The first-order valence-electron chi connectivity index (χ1n) is 8.05. The first-order valence-corrected chi connectivity index (χ1v) is 8.05. The Balaban J connectivity index is 1.73. The van der Waals surface area contributed by atoms with Crippen molar-refractivity contribution in [1.82, 2.24) is 20.4 Å². The van der Waals surface area contributed by atoms with Gasteiger partial charge in [-0.15, -0.1) is 0 Å². The van der Waals surface area contributed by atoms with Crippen molar-refractivity contribution in [3.63, 3.8) is 0 Å². The highest BCUT2D eigenvalue weighted by atomic mass is 16.5. The zero-order valence-corrected chi connectivity index (χ0v) is 14.2. The van der Waals surface area contributed by atoms with Crippen LogP contribution in [0.3, 0.4) is 0 Å². The Kier molecular flexibility index (Phi) is 5.08. The van der Waals surface area contributed by atoms with Crippen LogP contribution in [0, 0.1) is 6.92 Å². The molecule has 1 aliphatic heterocycles. The lowest BCUT2D eigenvalue weighted by atomic mass is 10.1. The molecule has 0 aliphatic carbocycles. The molecule has 0 bridgehead atoms. The lowest BCUT2D eigenvalue weighted by molar-refractivity contribution is -0.146. The third kappa shape index (κ3) is 4.03. The third-order valence-corrected chi connectivity index (χ3v) is 4.15. The van der Waals surface area contributed by atoms with Crippen LogP contribution in [-0.2, 0) is 20.9 Å². The van der Waals surface area contributed by atoms with Crippen molar-refractivity contribution >= 4 is 11.9 Å². The van der Waals surface area contributed by atoms with Gasteiger partial charge in [0.15, 0.2) is 0 Å². The van der Waals surface area contributed by atoms with Crippen LogP contribution in [0.2, 0.25) is 0 Å². The van der Waals surface area contributed by atoms with Crippen LogP contribution in [0.15, 0.2) is 28.8 Å². The van der Waals surface area contributed by atoms with E-state index in [-0.39, 0.29) is 12.3 Å². The number of nitrogens with zero attached hydrogens (tertiary/aromatic N) is 3. The van der Waals surface area contributed by atoms with Gasteiger partial charge in [-0.1, -0.05) is 35.0 Å². The minimum atomic E-state index is -0.601. The van der Waals surface area contributed by atoms with E-state index in [9.17, 15) is 9.59 Å². The second-order valence-corrected chi connectivity index (χ2v) is 5.94. The first-order chi connectivity index (χ1) is 12.1. The zero-order valence-electron chi connectivity index (χ0n) is 14.2. The minimum Gasteiger partial charge on any atom is -0.469 e. The number of nitrogens with one attached hydrogen (secondary N) is 1. The number of hydrogen-bond donors (Lipinski definition) is 1. The predicted octanol–water partition coefficient (Wildman–Crippen LogP) is 0.909. The normalized spacial score (nSPS) is 18.0. The van der Waals surface area contributed by atoms with E-state index in [2.05, 4.69) is 20.2 Å². The van der Waals surface area contributed by atoms with E-state index < -0.39 is 12.0 Å². The van der Waals surface area contributed by atoms with Crippen LogP contribution in [0.25, 0.3) is 11.4 Å². The molecule has 1 saturated heterocycles. The second kappa shape index (κ2) is 7.43. The maximum Gasteiger partial charge on any atom is 0.307 e. The molecular formula is C17H20N4O4. The molecule has 1 N–H and O–H groups in total. The van der Waals surface area contributed by atoms with Gasteiger partial charge in [-0.2, -0.15) is 4.98 Å². The zero-order chi connectivity index (χ0) is 17.8. The molecule has 0 unspecified atom stereocenters. The number of carbonyl (C=O) groups is 2. The molecule has 3 rings (SSSR count). The molecule has 0 radical (unpaired) electrons. The number of carbonyl (C=O) groups excluding carboxylic acids is 2. The maximum absolute atomic E-state index is 12.1. The van der Waals surface area contributed by atoms with Gasteiger partial charge in [-0.25, -0.2) is 0 Å². The summed E-state index contributed by atoms with van der Waals surface area (Å²) in [7, 11) is 1.30. The van der Waals surface area contributed by atoms with E-state index in [1.54, 1.807) is 0 Å². The van der Waals surface area contributed by atoms with Gasteiger partial charge in [0, 0.05) is 18.7 Å². The number of hydrogen-bond acceptors (Lipinski definition) is 7. The topological polar surface area (TPSA) is 97.6 Å². The van der Waals surface area contributed by atoms with Gasteiger partial charge in [0.05, 0.1) is 20.1 Å². The monoisotopic (exact) mass is 344 g/mol. The van der Waals surface area contributed by atoms with Crippen molar-refractivity contribution < 1.29 is 18.8 Å². The summed E-state index contributed by atoms with van der Waals surface area (Å²) in [5.74, 6) is 0.272. The summed E-state index contributed by atoms with van der Waals surface area (Å²) < 4.78 is 9.99. The van der Waals surface area contributed by atoms with E-state index in [1.807, 2.05) is 36.1 Å². The highest BCUT2D eigenvalue weighted by Gasteiger charge is 2.33. The molecule has 1 amide bonds. The summed E-state index contributed by atoms with van der Waals surface area (Å²) in [6.45, 7) is 3.41. The van der Waals surface area contributed by atoms with Gasteiger partial charge in [-0.3, -0.25) is 14.5 Å². The molecule has 1 aliphatic rings. The maximum atomic E-state index is 12.1. The van der Waals surface area contributed by atoms with Gasteiger partial charge in [0.1, 0.15) is 6.04 Å². The van der Waals surface area contributed by atoms with E-state index in [0.29, 0.717) is 31.3 Å². The van der Waals surface area contributed by atoms with Crippen LogP contribution in [-0.4, -0.2) is 53.2 Å². The SMILES string of the molecule is COC(=O)C[C@H]1C(=O)NCCN1Cc1nc(-c2ccc(C)cc2)no1. The number of aryl methyl sites for hydroxylation is 1. The lowest BCUT2D eigenvalue weighted by Crippen LogP contribution is -2.55. The summed E-state index contributed by atoms with van der Waals surface area (Å²) >= 11 is 0. The Labute approximate surface area is 145 Å². The number of esters is 1. The average molecular weight is 344 g/mol. The van der Waals surface area contributed by atoms with Crippen LogP contribution in [0.4, 0.5) is 0 Å². The number of amides is 1. The molecule has 1 atom stereocenters. The van der Waals surface area contributed by atoms with Crippen molar-refractivity contribution in [2.75, 3.05) is 20.2 Å². The summed E-state index contributed by atoms with van der Waals surface area (Å²) in [6, 6.07) is 7.21. The molecule has 1 aromatic carbocycles. The fraction of sp³-hybridized carbons (Fsp3) is 0.412. The smallest absolute Gasteiger partial charge is 0.307 e. The van der Waals surface area contributed by atoms with E-state index in [1.165, 1.54) is 7.11 Å². The molecular weight excluding hydrogens is 324 g/mol. The molecule has 1 fully saturated rings. The predicted molar refractivity (Wildman–Crippen MR) is 88.3 cm³/mol. The van der Waals surface area contributed by atoms with Gasteiger partial charge >= 0.3 is 5.97 Å². The number of ether oxygens (including phenoxy) is 1. The summed E-state index contributed by atoms with van der Waals surface area (Å²) in [5, 5.41) is 6.76. The van der Waals surface area contributed by atoms with Crippen molar-refractivity contribution in [1.29, 1.82) is 0 Å². The molecule has 1 aromatic heterocycles. The number of benzene rings is 1. The fourth-order valence-electron chi connectivity index (χ4n) is 2.73. The molecule has 8 heteroatoms. The average Bonchev–Trinajstić information content (AvgIpc) is 3.07. The molecule has 132 valence electrons. The Morgan fingerprint density at radius 1 is 1.40 bits per heavy atom. The number of piperazine rings is 1. The van der Waals surface area contributed by atoms with Gasteiger partial charge < -0.3 is 14.6 Å². The van der Waals surface area contributed by atoms with Crippen molar-refractivity contribution in [2.45, 2.75) is 25.9 Å². The van der Waals surface area contributed by atoms with E-state index >= 15 is 0 Å². The van der Waals surface area contributed by atoms with Gasteiger partial charge in [0.25, 0.3) is 0 Å². The summed E-state index contributed by atoms with van der Waals surface area (Å²) in [6.07, 6.45) is -0.0126. The van der Waals surface area contributed by atoms with Crippen molar-refractivity contribution in [3.05, 3.63) is 35.7 Å². The quantitative estimate of drug-likeness (QED) is 0.805. The van der Waals surface area contributed by atoms with Gasteiger partial charge in [-0.05, 0) is 6.92 Å². The number of aromatic nitrogens is 2. The minimum absolute atomic E-state index is 0.0126. The highest BCUT2D eigenvalue weighted by Crippen LogP contribution is 2.18. The molecule has 2 aromatic rings. The van der Waals surface area contributed by atoms with Gasteiger partial charge in [0.2, 0.25) is 17.6 Å². The van der Waals surface area contributed by atoms with Crippen molar-refractivity contribution in [3.8, 4) is 11.4 Å². The molecule has 2 heterocycles. The second-order valence-electron chi connectivity index (χ2n) is 5.94. The van der Waals surface area contributed by atoms with Crippen molar-refractivity contribution in [2.24, 2.45) is 0 Å². The van der Waals surface area contributed by atoms with E-state index in [0.717, 1.165) is 11.1 Å². The van der Waals surface area contributed by atoms with E-state index in [4.69, 9.17) is 4.52 Å². The first kappa shape index (κ1) is 17.1. The lowest BCUT2D eigenvalue weighted by Gasteiger charge is -2.33. The molecule has 0 spiro atoms. The number of methoxy groups -OCH3 is 1. The Morgan fingerprint density at radius 2 is 2.16 bits per heavy atom. The third-order valence-electron chi connectivity index (χ3n) is 4.15. The highest BCUT2D eigenvalue weighted by molar-refractivity contribution is 5.87.